The van der Waals surface area contributed by atoms with Crippen molar-refractivity contribution in [3.63, 3.8) is 0 Å². The summed E-state index contributed by atoms with van der Waals surface area (Å²) in [5.41, 5.74) is 0. The molecule has 1 saturated heterocycles. The van der Waals surface area contributed by atoms with Gasteiger partial charge in [-0.05, 0) is 29.7 Å². The summed E-state index contributed by atoms with van der Waals surface area (Å²) in [5.74, 6) is -1.15. The summed E-state index contributed by atoms with van der Waals surface area (Å²) in [6.45, 7) is 1.74. The van der Waals surface area contributed by atoms with Crippen LogP contribution in [0, 0.1) is 5.82 Å². The van der Waals surface area contributed by atoms with Crippen LogP contribution in [0.1, 0.15) is 9.67 Å². The van der Waals surface area contributed by atoms with Crippen molar-refractivity contribution in [3.05, 3.63) is 35.0 Å². The lowest BCUT2D eigenvalue weighted by Gasteiger charge is -2.26. The number of hydrogen-bond donors (Lipinski definition) is 0. The maximum absolute atomic E-state index is 13.1. The van der Waals surface area contributed by atoms with Gasteiger partial charge in [0.2, 0.25) is 0 Å². The number of benzene rings is 1. The van der Waals surface area contributed by atoms with E-state index in [2.05, 4.69) is 0 Å². The van der Waals surface area contributed by atoms with Gasteiger partial charge in [0.1, 0.15) is 10.7 Å². The van der Waals surface area contributed by atoms with Gasteiger partial charge < -0.3 is 14.4 Å². The quantitative estimate of drug-likeness (QED) is 0.811. The van der Waals surface area contributed by atoms with Gasteiger partial charge in [0.15, 0.2) is 6.61 Å². The normalized spacial score (nSPS) is 15.0. The fraction of sp³-hybridized carbons (Fsp3) is 0.333. The van der Waals surface area contributed by atoms with Crippen LogP contribution in [-0.4, -0.2) is 49.7 Å². The number of amides is 1. The number of ether oxygens (including phenoxy) is 2. The SMILES string of the molecule is O=C(OCC(=O)N1CCOCC1)c1cc2cc(F)ccc2s1. The molecule has 22 heavy (non-hydrogen) atoms. The zero-order valence-electron chi connectivity index (χ0n) is 11.7. The van der Waals surface area contributed by atoms with Gasteiger partial charge in [-0.2, -0.15) is 0 Å². The number of nitrogens with zero attached hydrogens (tertiary/aromatic N) is 1. The van der Waals surface area contributed by atoms with Crippen LogP contribution in [0.25, 0.3) is 10.1 Å². The van der Waals surface area contributed by atoms with Crippen LogP contribution in [0.15, 0.2) is 24.3 Å². The van der Waals surface area contributed by atoms with E-state index in [0.717, 1.165) is 4.70 Å². The van der Waals surface area contributed by atoms with E-state index in [1.54, 1.807) is 17.0 Å². The monoisotopic (exact) mass is 323 g/mol. The Balaban J connectivity index is 1.61. The number of carbonyl (C=O) groups excluding carboxylic acids is 2. The molecule has 1 amide bonds. The van der Waals surface area contributed by atoms with Crippen LogP contribution in [0.3, 0.4) is 0 Å². The summed E-state index contributed by atoms with van der Waals surface area (Å²) in [6.07, 6.45) is 0. The van der Waals surface area contributed by atoms with Gasteiger partial charge in [-0.3, -0.25) is 4.79 Å². The molecule has 0 bridgehead atoms. The van der Waals surface area contributed by atoms with Crippen molar-refractivity contribution < 1.29 is 23.5 Å². The molecule has 0 aliphatic carbocycles. The first-order chi connectivity index (χ1) is 10.6. The number of rotatable bonds is 3. The van der Waals surface area contributed by atoms with Gasteiger partial charge in [-0.1, -0.05) is 0 Å². The van der Waals surface area contributed by atoms with Crippen molar-refractivity contribution in [1.29, 1.82) is 0 Å². The first-order valence-corrected chi connectivity index (χ1v) is 7.67. The minimum absolute atomic E-state index is 0.233. The van der Waals surface area contributed by atoms with E-state index in [4.69, 9.17) is 9.47 Å². The molecule has 1 fully saturated rings. The third-order valence-electron chi connectivity index (χ3n) is 3.37. The number of esters is 1. The average molecular weight is 323 g/mol. The summed E-state index contributed by atoms with van der Waals surface area (Å²) >= 11 is 1.22. The highest BCUT2D eigenvalue weighted by Crippen LogP contribution is 2.26. The second kappa shape index (κ2) is 6.41. The minimum Gasteiger partial charge on any atom is -0.451 e. The Morgan fingerprint density at radius 2 is 2.05 bits per heavy atom. The molecular weight excluding hydrogens is 309 g/mol. The fourth-order valence-corrected chi connectivity index (χ4v) is 3.15. The highest BCUT2D eigenvalue weighted by atomic mass is 32.1. The molecule has 0 N–H and O–H groups in total. The largest absolute Gasteiger partial charge is 0.451 e. The number of halogens is 1. The zero-order chi connectivity index (χ0) is 15.5. The van der Waals surface area contributed by atoms with E-state index in [0.29, 0.717) is 36.6 Å². The Morgan fingerprint density at radius 1 is 1.27 bits per heavy atom. The lowest BCUT2D eigenvalue weighted by molar-refractivity contribution is -0.138. The molecule has 0 unspecified atom stereocenters. The Labute approximate surface area is 130 Å². The molecule has 3 rings (SSSR count). The second-order valence-electron chi connectivity index (χ2n) is 4.86. The van der Waals surface area contributed by atoms with Gasteiger partial charge in [-0.15, -0.1) is 11.3 Å². The molecular formula is C15H14FNO4S. The molecule has 116 valence electrons. The van der Waals surface area contributed by atoms with Crippen molar-refractivity contribution in [3.8, 4) is 0 Å². The van der Waals surface area contributed by atoms with E-state index in [9.17, 15) is 14.0 Å². The first-order valence-electron chi connectivity index (χ1n) is 6.85. The molecule has 2 aromatic rings. The number of fused-ring (bicyclic) bond motifs is 1. The highest BCUT2D eigenvalue weighted by Gasteiger charge is 2.19. The lowest BCUT2D eigenvalue weighted by Crippen LogP contribution is -2.42. The predicted octanol–water partition coefficient (Wildman–Crippen LogP) is 2.06. The summed E-state index contributed by atoms with van der Waals surface area (Å²) in [4.78, 5) is 25.8. The van der Waals surface area contributed by atoms with Crippen molar-refractivity contribution in [2.75, 3.05) is 32.9 Å². The molecule has 7 heteroatoms. The van der Waals surface area contributed by atoms with Gasteiger partial charge in [0.05, 0.1) is 13.2 Å². The smallest absolute Gasteiger partial charge is 0.348 e. The maximum atomic E-state index is 13.1. The highest BCUT2D eigenvalue weighted by molar-refractivity contribution is 7.20. The molecule has 0 radical (unpaired) electrons. The van der Waals surface area contributed by atoms with Gasteiger partial charge >= 0.3 is 5.97 Å². The number of morpholine rings is 1. The standard InChI is InChI=1S/C15H14FNO4S/c16-11-1-2-12-10(7-11)8-13(22-12)15(19)21-9-14(18)17-3-5-20-6-4-17/h1-2,7-8H,3-6,9H2. The van der Waals surface area contributed by atoms with Gasteiger partial charge in [-0.25, -0.2) is 9.18 Å². The molecule has 1 aliphatic rings. The fourth-order valence-electron chi connectivity index (χ4n) is 2.22. The molecule has 5 nitrogen and oxygen atoms in total. The van der Waals surface area contributed by atoms with Crippen molar-refractivity contribution >= 4 is 33.3 Å². The van der Waals surface area contributed by atoms with Crippen molar-refractivity contribution in [2.24, 2.45) is 0 Å². The van der Waals surface area contributed by atoms with E-state index in [-0.39, 0.29) is 18.3 Å². The van der Waals surface area contributed by atoms with E-state index < -0.39 is 5.97 Å². The van der Waals surface area contributed by atoms with E-state index in [1.165, 1.54) is 23.5 Å². The second-order valence-corrected chi connectivity index (χ2v) is 5.95. The number of carbonyl (C=O) groups is 2. The molecule has 1 aromatic carbocycles. The van der Waals surface area contributed by atoms with Crippen LogP contribution in [0.4, 0.5) is 4.39 Å². The average Bonchev–Trinajstić information content (AvgIpc) is 2.96. The summed E-state index contributed by atoms with van der Waals surface area (Å²) in [7, 11) is 0. The number of thiophene rings is 1. The minimum atomic E-state index is -0.566. The first kappa shape index (κ1) is 14.9. The van der Waals surface area contributed by atoms with Crippen LogP contribution in [0.2, 0.25) is 0 Å². The Morgan fingerprint density at radius 3 is 2.82 bits per heavy atom. The molecule has 0 saturated carbocycles. The third kappa shape index (κ3) is 3.26. The van der Waals surface area contributed by atoms with E-state index in [1.807, 2.05) is 0 Å². The molecule has 2 heterocycles. The van der Waals surface area contributed by atoms with Crippen LogP contribution >= 0.6 is 11.3 Å². The van der Waals surface area contributed by atoms with Gasteiger partial charge in [0.25, 0.3) is 5.91 Å². The van der Waals surface area contributed by atoms with Crippen molar-refractivity contribution in [2.45, 2.75) is 0 Å². The molecule has 1 aromatic heterocycles. The van der Waals surface area contributed by atoms with E-state index >= 15 is 0 Å². The third-order valence-corrected chi connectivity index (χ3v) is 4.47. The Hall–Kier alpha value is -1.99. The van der Waals surface area contributed by atoms with Crippen LogP contribution in [-0.2, 0) is 14.3 Å². The molecule has 0 spiro atoms. The molecule has 1 aliphatic heterocycles. The maximum Gasteiger partial charge on any atom is 0.348 e. The topological polar surface area (TPSA) is 55.8 Å². The summed E-state index contributed by atoms with van der Waals surface area (Å²) in [6, 6.07) is 5.90. The lowest BCUT2D eigenvalue weighted by atomic mass is 10.2. The summed E-state index contributed by atoms with van der Waals surface area (Å²) in [5, 5.41) is 0.649. The Bertz CT molecular complexity index is 709. The Kier molecular flexibility index (Phi) is 4.35. The number of hydrogen-bond acceptors (Lipinski definition) is 5. The van der Waals surface area contributed by atoms with Crippen molar-refractivity contribution in [1.82, 2.24) is 4.90 Å². The summed E-state index contributed by atoms with van der Waals surface area (Å²) < 4.78 is 24.1. The van der Waals surface area contributed by atoms with Gasteiger partial charge in [0, 0.05) is 17.8 Å². The van der Waals surface area contributed by atoms with Crippen LogP contribution < -0.4 is 0 Å². The predicted molar refractivity (Wildman–Crippen MR) is 79.5 cm³/mol. The van der Waals surface area contributed by atoms with Crippen LogP contribution in [0.5, 0.6) is 0 Å². The molecule has 0 atom stereocenters. The zero-order valence-corrected chi connectivity index (χ0v) is 12.5.